The number of carbonyl (C=O) groups is 2. The summed E-state index contributed by atoms with van der Waals surface area (Å²) in [6.07, 6.45) is 8.34. The van der Waals surface area contributed by atoms with E-state index in [0.717, 1.165) is 31.6 Å². The Morgan fingerprint density at radius 3 is 2.55 bits per heavy atom. The topological polar surface area (TPSA) is 84.2 Å². The zero-order valence-corrected chi connectivity index (χ0v) is 13.5. The van der Waals surface area contributed by atoms with E-state index in [0.29, 0.717) is 5.69 Å². The summed E-state index contributed by atoms with van der Waals surface area (Å²) in [7, 11) is 0. The third kappa shape index (κ3) is 3.48. The molecule has 0 bridgehead atoms. The van der Waals surface area contributed by atoms with Crippen LogP contribution in [0, 0.1) is 11.8 Å². The van der Waals surface area contributed by atoms with E-state index < -0.39 is 11.5 Å². The Balaban J connectivity index is 1.96. The minimum absolute atomic E-state index is 0.0160. The van der Waals surface area contributed by atoms with Crippen LogP contribution >= 0.6 is 0 Å². The normalized spacial score (nSPS) is 22.3. The molecule has 0 spiro atoms. The lowest BCUT2D eigenvalue weighted by molar-refractivity contribution is -0.146. The Morgan fingerprint density at radius 1 is 1.36 bits per heavy atom. The van der Waals surface area contributed by atoms with Crippen LogP contribution in [0.4, 0.5) is 5.69 Å². The standard InChI is InChI=1S/C16H25N3O3/c1-4-11-5-7-12(8-6-11)14(20)18-13-9-17-19(10-13)16(2,3)15(21)22/h9-12H,4-8H2,1-3H3,(H,18,20)(H,21,22). The van der Waals surface area contributed by atoms with Crippen LogP contribution in [0.1, 0.15) is 52.9 Å². The van der Waals surface area contributed by atoms with Gasteiger partial charge in [-0.1, -0.05) is 13.3 Å². The monoisotopic (exact) mass is 307 g/mol. The molecule has 0 aliphatic heterocycles. The number of nitrogens with zero attached hydrogens (tertiary/aromatic N) is 2. The van der Waals surface area contributed by atoms with Crippen molar-refractivity contribution in [3.63, 3.8) is 0 Å². The van der Waals surface area contributed by atoms with Crippen molar-refractivity contribution in [2.24, 2.45) is 11.8 Å². The molecule has 1 fully saturated rings. The van der Waals surface area contributed by atoms with Gasteiger partial charge in [-0.3, -0.25) is 9.48 Å². The third-order valence-corrected chi connectivity index (χ3v) is 4.74. The second kappa shape index (κ2) is 6.50. The van der Waals surface area contributed by atoms with Gasteiger partial charge in [0, 0.05) is 12.1 Å². The number of carboxylic acids is 1. The first-order valence-corrected chi connectivity index (χ1v) is 7.94. The highest BCUT2D eigenvalue weighted by Crippen LogP contribution is 2.31. The first-order valence-electron chi connectivity index (χ1n) is 7.94. The van der Waals surface area contributed by atoms with Crippen molar-refractivity contribution in [2.45, 2.75) is 58.4 Å². The molecule has 22 heavy (non-hydrogen) atoms. The molecule has 6 nitrogen and oxygen atoms in total. The minimum Gasteiger partial charge on any atom is -0.479 e. The van der Waals surface area contributed by atoms with Crippen molar-refractivity contribution in [1.82, 2.24) is 9.78 Å². The van der Waals surface area contributed by atoms with Crippen molar-refractivity contribution in [3.8, 4) is 0 Å². The lowest BCUT2D eigenvalue weighted by Crippen LogP contribution is -2.36. The van der Waals surface area contributed by atoms with Crippen LogP contribution in [0.5, 0.6) is 0 Å². The van der Waals surface area contributed by atoms with Gasteiger partial charge in [0.15, 0.2) is 5.54 Å². The maximum Gasteiger partial charge on any atom is 0.331 e. The molecule has 1 heterocycles. The minimum atomic E-state index is -1.14. The smallest absolute Gasteiger partial charge is 0.331 e. The van der Waals surface area contributed by atoms with Gasteiger partial charge in [0.25, 0.3) is 0 Å². The van der Waals surface area contributed by atoms with E-state index in [-0.39, 0.29) is 11.8 Å². The molecule has 0 saturated heterocycles. The number of nitrogens with one attached hydrogen (secondary N) is 1. The van der Waals surface area contributed by atoms with Crippen molar-refractivity contribution in [1.29, 1.82) is 0 Å². The Bertz CT molecular complexity index is 543. The maximum atomic E-state index is 12.3. The molecule has 2 rings (SSSR count). The average molecular weight is 307 g/mol. The molecule has 0 aromatic carbocycles. The predicted octanol–water partition coefficient (Wildman–Crippen LogP) is 2.86. The molecule has 1 aromatic heterocycles. The van der Waals surface area contributed by atoms with E-state index in [2.05, 4.69) is 17.3 Å². The number of hydrogen-bond donors (Lipinski definition) is 2. The van der Waals surface area contributed by atoms with Crippen LogP contribution in [-0.2, 0) is 15.1 Å². The first-order chi connectivity index (χ1) is 10.3. The van der Waals surface area contributed by atoms with Gasteiger partial charge in [0.1, 0.15) is 0 Å². The second-order valence-corrected chi connectivity index (χ2v) is 6.65. The SMILES string of the molecule is CCC1CCC(C(=O)Nc2cnn(C(C)(C)C(=O)O)c2)CC1. The number of carboxylic acid groups (broad SMARTS) is 1. The number of hydrogen-bond acceptors (Lipinski definition) is 3. The molecule has 0 atom stereocenters. The summed E-state index contributed by atoms with van der Waals surface area (Å²) in [6.45, 7) is 5.34. The summed E-state index contributed by atoms with van der Waals surface area (Å²) in [4.78, 5) is 23.5. The summed E-state index contributed by atoms with van der Waals surface area (Å²) < 4.78 is 1.36. The van der Waals surface area contributed by atoms with Crippen LogP contribution in [0.25, 0.3) is 0 Å². The highest BCUT2D eigenvalue weighted by molar-refractivity contribution is 5.92. The van der Waals surface area contributed by atoms with Crippen LogP contribution in [0.3, 0.4) is 0 Å². The van der Waals surface area contributed by atoms with E-state index in [4.69, 9.17) is 0 Å². The average Bonchev–Trinajstić information content (AvgIpc) is 2.96. The van der Waals surface area contributed by atoms with E-state index >= 15 is 0 Å². The second-order valence-electron chi connectivity index (χ2n) is 6.65. The molecule has 1 amide bonds. The van der Waals surface area contributed by atoms with Gasteiger partial charge < -0.3 is 10.4 Å². The zero-order chi connectivity index (χ0) is 16.3. The van der Waals surface area contributed by atoms with Gasteiger partial charge in [0.05, 0.1) is 11.9 Å². The fourth-order valence-corrected chi connectivity index (χ4v) is 2.87. The fraction of sp³-hybridized carbons (Fsp3) is 0.688. The quantitative estimate of drug-likeness (QED) is 0.876. The molecule has 1 aromatic rings. The lowest BCUT2D eigenvalue weighted by atomic mass is 9.80. The number of rotatable bonds is 5. The highest BCUT2D eigenvalue weighted by Gasteiger charge is 2.31. The molecule has 0 radical (unpaired) electrons. The molecular formula is C16H25N3O3. The van der Waals surface area contributed by atoms with Gasteiger partial charge in [-0.05, 0) is 45.4 Å². The molecule has 122 valence electrons. The number of aromatic nitrogens is 2. The van der Waals surface area contributed by atoms with E-state index in [1.165, 1.54) is 17.3 Å². The fourth-order valence-electron chi connectivity index (χ4n) is 2.87. The van der Waals surface area contributed by atoms with Crippen LogP contribution in [0.2, 0.25) is 0 Å². The predicted molar refractivity (Wildman–Crippen MR) is 83.6 cm³/mol. The largest absolute Gasteiger partial charge is 0.479 e. The van der Waals surface area contributed by atoms with Crippen LogP contribution in [-0.4, -0.2) is 26.8 Å². The lowest BCUT2D eigenvalue weighted by Gasteiger charge is -2.26. The Kier molecular flexibility index (Phi) is 4.88. The summed E-state index contributed by atoms with van der Waals surface area (Å²) in [5.41, 5.74) is -0.584. The summed E-state index contributed by atoms with van der Waals surface area (Å²) in [6, 6.07) is 0. The summed E-state index contributed by atoms with van der Waals surface area (Å²) in [5.74, 6) is -0.143. The maximum absolute atomic E-state index is 12.3. The van der Waals surface area contributed by atoms with E-state index in [1.54, 1.807) is 20.0 Å². The van der Waals surface area contributed by atoms with Gasteiger partial charge in [-0.15, -0.1) is 0 Å². The van der Waals surface area contributed by atoms with Gasteiger partial charge in [0.2, 0.25) is 5.91 Å². The van der Waals surface area contributed by atoms with Crippen LogP contribution in [0.15, 0.2) is 12.4 Å². The Labute approximate surface area is 130 Å². The van der Waals surface area contributed by atoms with Gasteiger partial charge in [-0.25, -0.2) is 4.79 Å². The van der Waals surface area contributed by atoms with Crippen molar-refractivity contribution in [2.75, 3.05) is 5.32 Å². The molecule has 1 aliphatic carbocycles. The highest BCUT2D eigenvalue weighted by atomic mass is 16.4. The van der Waals surface area contributed by atoms with Gasteiger partial charge in [-0.2, -0.15) is 5.10 Å². The molecule has 6 heteroatoms. The molecule has 0 unspecified atom stereocenters. The van der Waals surface area contributed by atoms with Crippen molar-refractivity contribution >= 4 is 17.6 Å². The Morgan fingerprint density at radius 2 is 2.00 bits per heavy atom. The van der Waals surface area contributed by atoms with Gasteiger partial charge >= 0.3 is 5.97 Å². The summed E-state index contributed by atoms with van der Waals surface area (Å²) in [5, 5.41) is 16.1. The molecule has 2 N–H and O–H groups in total. The number of carbonyl (C=O) groups excluding carboxylic acids is 1. The van der Waals surface area contributed by atoms with Crippen molar-refractivity contribution < 1.29 is 14.7 Å². The molecule has 1 saturated carbocycles. The Hall–Kier alpha value is -1.85. The molecular weight excluding hydrogens is 282 g/mol. The summed E-state index contributed by atoms with van der Waals surface area (Å²) >= 11 is 0. The number of amides is 1. The number of anilines is 1. The molecule has 1 aliphatic rings. The van der Waals surface area contributed by atoms with E-state index in [9.17, 15) is 14.7 Å². The number of aliphatic carboxylic acids is 1. The zero-order valence-electron chi connectivity index (χ0n) is 13.5. The van der Waals surface area contributed by atoms with Crippen LogP contribution < -0.4 is 5.32 Å². The third-order valence-electron chi connectivity index (χ3n) is 4.74. The van der Waals surface area contributed by atoms with Crippen molar-refractivity contribution in [3.05, 3.63) is 12.4 Å². The first kappa shape index (κ1) is 16.5. The van der Waals surface area contributed by atoms with E-state index in [1.807, 2.05) is 0 Å².